The first kappa shape index (κ1) is 14.6. The van der Waals surface area contributed by atoms with Crippen molar-refractivity contribution in [2.75, 3.05) is 24.3 Å². The van der Waals surface area contributed by atoms with Crippen LogP contribution in [0.5, 0.6) is 5.75 Å². The Hall–Kier alpha value is -2.35. The number of nitrogens with one attached hydrogen (secondary N) is 1. The number of amides is 1. The maximum atomic E-state index is 12.3. The summed E-state index contributed by atoms with van der Waals surface area (Å²) in [6, 6.07) is 5.10. The molecule has 0 unspecified atom stereocenters. The molecule has 2 aromatic rings. The van der Waals surface area contributed by atoms with Crippen LogP contribution in [0.4, 0.5) is 5.69 Å². The van der Waals surface area contributed by atoms with Gasteiger partial charge >= 0.3 is 0 Å². The molecule has 1 aliphatic heterocycles. The number of rotatable bonds is 4. The minimum Gasteiger partial charge on any atom is -0.482 e. The number of thioether (sulfide) groups is 1. The van der Waals surface area contributed by atoms with E-state index in [-0.39, 0.29) is 24.1 Å². The average Bonchev–Trinajstić information content (AvgIpc) is 2.94. The number of aromatic amines is 1. The summed E-state index contributed by atoms with van der Waals surface area (Å²) in [7, 11) is 1.67. The molecule has 0 aliphatic carbocycles. The summed E-state index contributed by atoms with van der Waals surface area (Å²) >= 11 is 1.27. The molecule has 7 nitrogen and oxygen atoms in total. The fraction of sp³-hybridized carbons (Fsp3) is 0.286. The van der Waals surface area contributed by atoms with Gasteiger partial charge in [-0.05, 0) is 25.1 Å². The number of Topliss-reactive ketones (excluding diaryl/α,β-unsaturated/α-hetero) is 1. The van der Waals surface area contributed by atoms with Crippen molar-refractivity contribution in [3.63, 3.8) is 0 Å². The van der Waals surface area contributed by atoms with Crippen LogP contribution in [0.3, 0.4) is 0 Å². The van der Waals surface area contributed by atoms with Crippen LogP contribution in [0, 0.1) is 6.92 Å². The molecule has 0 atom stereocenters. The molecular weight excluding hydrogens is 304 g/mol. The number of carbonyl (C=O) groups is 2. The van der Waals surface area contributed by atoms with Gasteiger partial charge in [0.15, 0.2) is 12.4 Å². The minimum absolute atomic E-state index is 0.0246. The summed E-state index contributed by atoms with van der Waals surface area (Å²) in [5.41, 5.74) is 1.14. The molecule has 1 amide bonds. The van der Waals surface area contributed by atoms with Gasteiger partial charge < -0.3 is 9.64 Å². The van der Waals surface area contributed by atoms with Crippen molar-refractivity contribution < 1.29 is 14.3 Å². The Kier molecular flexibility index (Phi) is 3.84. The SMILES string of the molecule is Cc1nc(SCC(=O)c2ccc3c(c2)N(C)C(=O)CO3)n[nH]1. The topological polar surface area (TPSA) is 88.2 Å². The molecule has 114 valence electrons. The fourth-order valence-corrected chi connectivity index (χ4v) is 2.78. The summed E-state index contributed by atoms with van der Waals surface area (Å²) in [6.45, 7) is 1.83. The second-order valence-corrected chi connectivity index (χ2v) is 5.78. The highest BCUT2D eigenvalue weighted by Gasteiger charge is 2.23. The Labute approximate surface area is 131 Å². The molecule has 8 heteroatoms. The number of benzene rings is 1. The number of H-pyrrole nitrogens is 1. The molecule has 1 aromatic carbocycles. The first-order valence-electron chi connectivity index (χ1n) is 6.63. The molecule has 22 heavy (non-hydrogen) atoms. The number of aryl methyl sites for hydroxylation is 1. The van der Waals surface area contributed by atoms with Gasteiger partial charge in [0.2, 0.25) is 5.16 Å². The van der Waals surface area contributed by atoms with E-state index in [9.17, 15) is 9.59 Å². The van der Waals surface area contributed by atoms with Crippen LogP contribution < -0.4 is 9.64 Å². The summed E-state index contributed by atoms with van der Waals surface area (Å²) < 4.78 is 5.34. The van der Waals surface area contributed by atoms with Crippen molar-refractivity contribution in [2.45, 2.75) is 12.1 Å². The second-order valence-electron chi connectivity index (χ2n) is 4.84. The number of fused-ring (bicyclic) bond motifs is 1. The lowest BCUT2D eigenvalue weighted by Gasteiger charge is -2.26. The highest BCUT2D eigenvalue weighted by atomic mass is 32.2. The summed E-state index contributed by atoms with van der Waals surface area (Å²) in [5, 5.41) is 7.25. The van der Waals surface area contributed by atoms with Crippen LogP contribution in [-0.4, -0.2) is 46.3 Å². The highest BCUT2D eigenvalue weighted by Crippen LogP contribution is 2.32. The van der Waals surface area contributed by atoms with E-state index in [1.807, 2.05) is 0 Å². The number of ketones is 1. The third-order valence-corrected chi connectivity index (χ3v) is 4.12. The van der Waals surface area contributed by atoms with Crippen LogP contribution in [0.2, 0.25) is 0 Å². The maximum Gasteiger partial charge on any atom is 0.264 e. The fourth-order valence-electron chi connectivity index (χ4n) is 2.05. The van der Waals surface area contributed by atoms with Gasteiger partial charge in [-0.1, -0.05) is 11.8 Å². The van der Waals surface area contributed by atoms with Crippen LogP contribution in [0.15, 0.2) is 23.4 Å². The molecule has 0 saturated heterocycles. The van der Waals surface area contributed by atoms with Crippen molar-refractivity contribution in [3.8, 4) is 5.75 Å². The number of likely N-dealkylation sites (N-methyl/N-ethyl adjacent to an activating group) is 1. The van der Waals surface area contributed by atoms with E-state index in [0.717, 1.165) is 0 Å². The van der Waals surface area contributed by atoms with Gasteiger partial charge in [-0.3, -0.25) is 14.7 Å². The monoisotopic (exact) mass is 318 g/mol. The first-order valence-corrected chi connectivity index (χ1v) is 7.61. The molecular formula is C14H14N4O3S. The van der Waals surface area contributed by atoms with Crippen molar-refractivity contribution in [3.05, 3.63) is 29.6 Å². The Bertz CT molecular complexity index is 743. The largest absolute Gasteiger partial charge is 0.482 e. The van der Waals surface area contributed by atoms with E-state index in [2.05, 4.69) is 15.2 Å². The lowest BCUT2D eigenvalue weighted by Crippen LogP contribution is -2.35. The quantitative estimate of drug-likeness (QED) is 0.678. The van der Waals surface area contributed by atoms with Crippen LogP contribution in [-0.2, 0) is 4.79 Å². The first-order chi connectivity index (χ1) is 10.5. The van der Waals surface area contributed by atoms with Gasteiger partial charge in [0, 0.05) is 12.6 Å². The van der Waals surface area contributed by atoms with E-state index in [1.165, 1.54) is 16.7 Å². The van der Waals surface area contributed by atoms with Crippen LogP contribution in [0.1, 0.15) is 16.2 Å². The standard InChI is InChI=1S/C14H14N4O3S/c1-8-15-14(17-16-8)22-7-11(19)9-3-4-12-10(5-9)18(2)13(20)6-21-12/h3-5H,6-7H2,1-2H3,(H,15,16,17). The van der Waals surface area contributed by atoms with Gasteiger partial charge in [-0.25, -0.2) is 4.98 Å². The average molecular weight is 318 g/mol. The Balaban J connectivity index is 1.74. The third-order valence-electron chi connectivity index (χ3n) is 3.28. The van der Waals surface area contributed by atoms with E-state index in [0.29, 0.717) is 28.0 Å². The predicted molar refractivity (Wildman–Crippen MR) is 81.5 cm³/mol. The Morgan fingerprint density at radius 3 is 3.05 bits per heavy atom. The van der Waals surface area contributed by atoms with Crippen LogP contribution in [0.25, 0.3) is 0 Å². The lowest BCUT2D eigenvalue weighted by molar-refractivity contribution is -0.120. The van der Waals surface area contributed by atoms with E-state index in [1.54, 1.807) is 32.2 Å². The maximum absolute atomic E-state index is 12.3. The number of anilines is 1. The van der Waals surface area contributed by atoms with Crippen molar-refractivity contribution in [1.82, 2.24) is 15.2 Å². The lowest BCUT2D eigenvalue weighted by atomic mass is 10.1. The van der Waals surface area contributed by atoms with Crippen molar-refractivity contribution in [1.29, 1.82) is 0 Å². The van der Waals surface area contributed by atoms with Gasteiger partial charge in [0.05, 0.1) is 11.4 Å². The normalized spacial score (nSPS) is 13.7. The number of nitrogens with zero attached hydrogens (tertiary/aromatic N) is 3. The third kappa shape index (κ3) is 2.82. The molecule has 1 aliphatic rings. The number of carbonyl (C=O) groups excluding carboxylic acids is 2. The van der Waals surface area contributed by atoms with Crippen molar-refractivity contribution in [2.24, 2.45) is 0 Å². The Morgan fingerprint density at radius 1 is 1.50 bits per heavy atom. The summed E-state index contributed by atoms with van der Waals surface area (Å²) in [4.78, 5) is 29.6. The number of hydrogen-bond acceptors (Lipinski definition) is 6. The molecule has 0 bridgehead atoms. The van der Waals surface area contributed by atoms with Gasteiger partial charge in [-0.15, -0.1) is 5.10 Å². The van der Waals surface area contributed by atoms with Gasteiger partial charge in [0.25, 0.3) is 5.91 Å². The molecule has 3 rings (SSSR count). The number of hydrogen-bond donors (Lipinski definition) is 1. The Morgan fingerprint density at radius 2 is 2.32 bits per heavy atom. The zero-order valence-electron chi connectivity index (χ0n) is 12.1. The molecule has 1 aromatic heterocycles. The summed E-state index contributed by atoms with van der Waals surface area (Å²) in [6.07, 6.45) is 0. The smallest absolute Gasteiger partial charge is 0.264 e. The summed E-state index contributed by atoms with van der Waals surface area (Å²) in [5.74, 6) is 1.36. The van der Waals surface area contributed by atoms with Gasteiger partial charge in [0.1, 0.15) is 11.6 Å². The van der Waals surface area contributed by atoms with E-state index < -0.39 is 0 Å². The molecule has 2 heterocycles. The predicted octanol–water partition coefficient (Wildman–Crippen LogP) is 1.44. The van der Waals surface area contributed by atoms with Crippen LogP contribution >= 0.6 is 11.8 Å². The van der Waals surface area contributed by atoms with E-state index in [4.69, 9.17) is 4.74 Å². The highest BCUT2D eigenvalue weighted by molar-refractivity contribution is 7.99. The number of ether oxygens (including phenoxy) is 1. The second kappa shape index (κ2) is 5.80. The number of aromatic nitrogens is 3. The molecule has 1 N–H and O–H groups in total. The minimum atomic E-state index is -0.136. The molecule has 0 radical (unpaired) electrons. The van der Waals surface area contributed by atoms with Gasteiger partial charge in [-0.2, -0.15) is 0 Å². The van der Waals surface area contributed by atoms with Crippen molar-refractivity contribution >= 4 is 29.1 Å². The molecule has 0 saturated carbocycles. The van der Waals surface area contributed by atoms with E-state index >= 15 is 0 Å². The zero-order valence-corrected chi connectivity index (χ0v) is 12.9. The molecule has 0 fully saturated rings. The molecule has 0 spiro atoms. The zero-order chi connectivity index (χ0) is 15.7.